The lowest BCUT2D eigenvalue weighted by molar-refractivity contribution is -0.137. The molecular formula is C15H23NO3S. The van der Waals surface area contributed by atoms with E-state index in [1.54, 1.807) is 0 Å². The van der Waals surface area contributed by atoms with Gasteiger partial charge in [-0.1, -0.05) is 43.9 Å². The first-order valence-electron chi connectivity index (χ1n) is 6.99. The number of unbranched alkanes of at least 4 members (excludes halogenated alkanes) is 2. The Kier molecular flexibility index (Phi) is 7.47. The van der Waals surface area contributed by atoms with E-state index in [4.69, 9.17) is 5.11 Å². The van der Waals surface area contributed by atoms with E-state index >= 15 is 0 Å². The lowest BCUT2D eigenvalue weighted by atomic mass is 10.1. The zero-order chi connectivity index (χ0) is 15.0. The highest BCUT2D eigenvalue weighted by atomic mass is 32.2. The number of rotatable bonds is 9. The van der Waals surface area contributed by atoms with Crippen molar-refractivity contribution in [2.24, 2.45) is 0 Å². The van der Waals surface area contributed by atoms with Crippen LogP contribution in [0.15, 0.2) is 29.2 Å². The van der Waals surface area contributed by atoms with Crippen LogP contribution >= 0.6 is 0 Å². The summed E-state index contributed by atoms with van der Waals surface area (Å²) in [6, 6.07) is 7.17. The van der Waals surface area contributed by atoms with Crippen LogP contribution in [0.4, 0.5) is 0 Å². The predicted molar refractivity (Wildman–Crippen MR) is 80.9 cm³/mol. The first kappa shape index (κ1) is 16.9. The maximum absolute atomic E-state index is 12.2. The Labute approximate surface area is 123 Å². The molecule has 1 aromatic carbocycles. The third-order valence-corrected chi connectivity index (χ3v) is 4.33. The van der Waals surface area contributed by atoms with Gasteiger partial charge in [0.15, 0.2) is 0 Å². The Balaban J connectivity index is 2.60. The molecule has 2 atom stereocenters. The number of aliphatic carboxylic acids is 1. The molecule has 0 radical (unpaired) electrons. The second kappa shape index (κ2) is 8.87. The van der Waals surface area contributed by atoms with Gasteiger partial charge in [0.25, 0.3) is 0 Å². The smallest absolute Gasteiger partial charge is 0.304 e. The SMILES string of the molecule is CCCCC[C@H](CC(=O)O)NS(=O)c1ccc(C)cc1. The number of carbonyl (C=O) groups is 1. The first-order chi connectivity index (χ1) is 9.52. The minimum Gasteiger partial charge on any atom is -0.481 e. The molecule has 4 nitrogen and oxygen atoms in total. The molecule has 0 spiro atoms. The summed E-state index contributed by atoms with van der Waals surface area (Å²) < 4.78 is 15.1. The van der Waals surface area contributed by atoms with E-state index in [0.717, 1.165) is 31.2 Å². The fraction of sp³-hybridized carbons (Fsp3) is 0.533. The largest absolute Gasteiger partial charge is 0.481 e. The minimum absolute atomic E-state index is 0.00131. The van der Waals surface area contributed by atoms with Gasteiger partial charge in [0.1, 0.15) is 11.0 Å². The monoisotopic (exact) mass is 297 g/mol. The number of carboxylic acid groups (broad SMARTS) is 1. The third-order valence-electron chi connectivity index (χ3n) is 3.09. The average molecular weight is 297 g/mol. The van der Waals surface area contributed by atoms with Crippen LogP contribution in [0, 0.1) is 6.92 Å². The van der Waals surface area contributed by atoms with Crippen LogP contribution in [-0.2, 0) is 15.8 Å². The van der Waals surface area contributed by atoms with Crippen molar-refractivity contribution in [3.63, 3.8) is 0 Å². The Hall–Kier alpha value is -1.20. The van der Waals surface area contributed by atoms with Gasteiger partial charge < -0.3 is 5.11 Å². The number of carboxylic acids is 1. The van der Waals surface area contributed by atoms with Crippen LogP contribution in [-0.4, -0.2) is 21.3 Å². The Morgan fingerprint density at radius 2 is 1.95 bits per heavy atom. The molecule has 2 N–H and O–H groups in total. The van der Waals surface area contributed by atoms with Crippen molar-refractivity contribution in [2.45, 2.75) is 56.9 Å². The molecule has 1 unspecified atom stereocenters. The van der Waals surface area contributed by atoms with Gasteiger partial charge in [-0.25, -0.2) is 8.93 Å². The number of hydrogen-bond acceptors (Lipinski definition) is 2. The molecule has 0 saturated heterocycles. The van der Waals surface area contributed by atoms with Crippen molar-refractivity contribution in [1.82, 2.24) is 4.72 Å². The summed E-state index contributed by atoms with van der Waals surface area (Å²) in [5, 5.41) is 8.92. The normalized spacial score (nSPS) is 13.9. The summed E-state index contributed by atoms with van der Waals surface area (Å²) in [5.74, 6) is -0.861. The van der Waals surface area contributed by atoms with E-state index in [2.05, 4.69) is 11.6 Å². The van der Waals surface area contributed by atoms with Gasteiger partial charge in [-0.2, -0.15) is 0 Å². The summed E-state index contributed by atoms with van der Waals surface area (Å²) in [7, 11) is -1.36. The Morgan fingerprint density at radius 3 is 2.50 bits per heavy atom. The Bertz CT molecular complexity index is 445. The molecule has 0 amide bonds. The summed E-state index contributed by atoms with van der Waals surface area (Å²) in [6.45, 7) is 4.07. The quantitative estimate of drug-likeness (QED) is 0.688. The van der Waals surface area contributed by atoms with Gasteiger partial charge in [-0.15, -0.1) is 0 Å². The maximum Gasteiger partial charge on any atom is 0.304 e. The molecular weight excluding hydrogens is 274 g/mol. The molecule has 0 aliphatic rings. The maximum atomic E-state index is 12.2. The van der Waals surface area contributed by atoms with Crippen molar-refractivity contribution in [1.29, 1.82) is 0 Å². The predicted octanol–water partition coefficient (Wildman–Crippen LogP) is 3.03. The Morgan fingerprint density at radius 1 is 1.30 bits per heavy atom. The average Bonchev–Trinajstić information content (AvgIpc) is 2.38. The molecule has 112 valence electrons. The molecule has 0 saturated carbocycles. The molecule has 0 fully saturated rings. The summed E-state index contributed by atoms with van der Waals surface area (Å²) in [5.41, 5.74) is 1.11. The van der Waals surface area contributed by atoms with Crippen LogP contribution in [0.1, 0.15) is 44.6 Å². The van der Waals surface area contributed by atoms with Crippen LogP contribution in [0.3, 0.4) is 0 Å². The molecule has 20 heavy (non-hydrogen) atoms. The molecule has 1 rings (SSSR count). The highest BCUT2D eigenvalue weighted by Gasteiger charge is 2.16. The van der Waals surface area contributed by atoms with E-state index in [1.807, 2.05) is 31.2 Å². The van der Waals surface area contributed by atoms with Crippen molar-refractivity contribution in [2.75, 3.05) is 0 Å². The zero-order valence-corrected chi connectivity index (χ0v) is 12.9. The van der Waals surface area contributed by atoms with Gasteiger partial charge >= 0.3 is 5.97 Å². The van der Waals surface area contributed by atoms with Crippen molar-refractivity contribution in [3.8, 4) is 0 Å². The van der Waals surface area contributed by atoms with E-state index in [1.165, 1.54) is 0 Å². The lowest BCUT2D eigenvalue weighted by Crippen LogP contribution is -2.33. The van der Waals surface area contributed by atoms with E-state index in [0.29, 0.717) is 4.90 Å². The fourth-order valence-electron chi connectivity index (χ4n) is 1.94. The van der Waals surface area contributed by atoms with Gasteiger partial charge in [-0.05, 0) is 25.5 Å². The number of benzene rings is 1. The van der Waals surface area contributed by atoms with Gasteiger partial charge in [0.2, 0.25) is 0 Å². The summed E-state index contributed by atoms with van der Waals surface area (Å²) in [4.78, 5) is 11.5. The number of nitrogens with one attached hydrogen (secondary N) is 1. The highest BCUT2D eigenvalue weighted by Crippen LogP contribution is 2.11. The first-order valence-corrected chi connectivity index (χ1v) is 8.14. The molecule has 5 heteroatoms. The van der Waals surface area contributed by atoms with Crippen LogP contribution in [0.25, 0.3) is 0 Å². The molecule has 0 aromatic heterocycles. The van der Waals surface area contributed by atoms with Crippen LogP contribution in [0.5, 0.6) is 0 Å². The summed E-state index contributed by atoms with van der Waals surface area (Å²) in [6.07, 6.45) is 3.83. The van der Waals surface area contributed by atoms with Crippen molar-refractivity contribution >= 4 is 17.0 Å². The van der Waals surface area contributed by atoms with E-state index in [9.17, 15) is 9.00 Å². The molecule has 0 aliphatic carbocycles. The second-order valence-electron chi connectivity index (χ2n) is 4.99. The highest BCUT2D eigenvalue weighted by molar-refractivity contribution is 7.83. The molecule has 0 aliphatic heterocycles. The van der Waals surface area contributed by atoms with Gasteiger partial charge in [-0.3, -0.25) is 4.79 Å². The standard InChI is InChI=1S/C15H23NO3S/c1-3-4-5-6-13(11-15(17)18)16-20(19)14-9-7-12(2)8-10-14/h7-10,13,16H,3-6,11H2,1-2H3,(H,17,18)/t13-,20?/m1/s1. The molecule has 0 bridgehead atoms. The zero-order valence-electron chi connectivity index (χ0n) is 12.1. The van der Waals surface area contributed by atoms with Crippen molar-refractivity contribution < 1.29 is 14.1 Å². The van der Waals surface area contributed by atoms with Crippen LogP contribution in [0.2, 0.25) is 0 Å². The molecule has 1 aromatic rings. The number of aryl methyl sites for hydroxylation is 1. The fourth-order valence-corrected chi connectivity index (χ4v) is 2.96. The molecule has 0 heterocycles. The van der Waals surface area contributed by atoms with Crippen molar-refractivity contribution in [3.05, 3.63) is 29.8 Å². The van der Waals surface area contributed by atoms with Gasteiger partial charge in [0, 0.05) is 6.04 Å². The minimum atomic E-state index is -1.36. The lowest BCUT2D eigenvalue weighted by Gasteiger charge is -2.16. The second-order valence-corrected chi connectivity index (χ2v) is 6.23. The number of hydrogen-bond donors (Lipinski definition) is 2. The van der Waals surface area contributed by atoms with E-state index < -0.39 is 17.0 Å². The van der Waals surface area contributed by atoms with E-state index in [-0.39, 0.29) is 12.5 Å². The summed E-state index contributed by atoms with van der Waals surface area (Å²) >= 11 is 0. The topological polar surface area (TPSA) is 66.4 Å². The van der Waals surface area contributed by atoms with Crippen LogP contribution < -0.4 is 4.72 Å². The third kappa shape index (κ3) is 6.30. The van der Waals surface area contributed by atoms with Gasteiger partial charge in [0.05, 0.1) is 11.3 Å².